The first-order chi connectivity index (χ1) is 14.8. The predicted molar refractivity (Wildman–Crippen MR) is 148 cm³/mol. The molecule has 2 aromatic rings. The van der Waals surface area contributed by atoms with Crippen LogP contribution in [0.1, 0.15) is 25.8 Å². The first kappa shape index (κ1) is 34.8. The van der Waals surface area contributed by atoms with Gasteiger partial charge in [0.05, 0.1) is 24.8 Å². The summed E-state index contributed by atoms with van der Waals surface area (Å²) in [7, 11) is 3.57. The molecule has 1 aromatic heterocycles. The third kappa shape index (κ3) is 13.3. The molecule has 1 heterocycles. The van der Waals surface area contributed by atoms with Crippen LogP contribution >= 0.6 is 69.6 Å². The number of hydroxylamine groups is 2. The fourth-order valence-electron chi connectivity index (χ4n) is 2.38. The van der Waals surface area contributed by atoms with E-state index in [2.05, 4.69) is 23.8 Å². The van der Waals surface area contributed by atoms with Crippen molar-refractivity contribution in [3.63, 3.8) is 0 Å². The van der Waals surface area contributed by atoms with E-state index in [0.29, 0.717) is 10.9 Å². The molecule has 0 aliphatic rings. The van der Waals surface area contributed by atoms with E-state index in [-0.39, 0.29) is 56.1 Å². The smallest absolute Gasteiger partial charge is 0.320 e. The fourth-order valence-corrected chi connectivity index (χ4v) is 4.99. The van der Waals surface area contributed by atoms with Crippen molar-refractivity contribution in [1.82, 2.24) is 14.6 Å². The number of nitrogens with one attached hydrogen (secondary N) is 1. The number of hydrogen-bond donors (Lipinski definition) is 3. The van der Waals surface area contributed by atoms with Crippen LogP contribution in [0.25, 0.3) is 0 Å². The van der Waals surface area contributed by atoms with E-state index in [1.807, 2.05) is 17.0 Å². The quantitative estimate of drug-likeness (QED) is 0.127. The number of hydrogen-bond acceptors (Lipinski definition) is 6. The molecule has 0 saturated heterocycles. The molecule has 0 saturated carbocycles. The number of nitrogens with two attached hydrogens (primary N) is 1. The highest BCUT2D eigenvalue weighted by Gasteiger charge is 2.20. The zero-order valence-electron chi connectivity index (χ0n) is 18.5. The van der Waals surface area contributed by atoms with Crippen molar-refractivity contribution in [2.75, 3.05) is 24.8 Å². The molecule has 4 N–H and O–H groups in total. The highest BCUT2D eigenvalue weighted by atomic mass is 35.5. The Balaban J connectivity index is 0. The molecule has 2 rings (SSSR count). The Morgan fingerprint density at radius 3 is 2.24 bits per heavy atom. The number of aliphatic carboxylic acids is 1. The molecule has 33 heavy (non-hydrogen) atoms. The number of carboxylic acid groups (broad SMARTS) is 1. The van der Waals surface area contributed by atoms with Crippen molar-refractivity contribution in [2.24, 2.45) is 5.73 Å². The molecule has 0 spiro atoms. The van der Waals surface area contributed by atoms with E-state index in [0.717, 1.165) is 10.7 Å². The maximum Gasteiger partial charge on any atom is 0.320 e. The number of rotatable bonds is 12. The van der Waals surface area contributed by atoms with Gasteiger partial charge in [-0.05, 0) is 41.3 Å². The lowest BCUT2D eigenvalue weighted by atomic mass is 10.1. The molecule has 0 bridgehead atoms. The van der Waals surface area contributed by atoms with Gasteiger partial charge in [-0.3, -0.25) is 4.79 Å². The normalized spacial score (nSPS) is 12.4. The third-order valence-corrected chi connectivity index (χ3v) is 7.64. The number of carboxylic acids is 1. The molecule has 190 valence electrons. The van der Waals surface area contributed by atoms with Crippen LogP contribution in [0.3, 0.4) is 0 Å². The van der Waals surface area contributed by atoms with Crippen LogP contribution in [0, 0.1) is 5.21 Å². The third-order valence-electron chi connectivity index (χ3n) is 4.41. The van der Waals surface area contributed by atoms with E-state index < -0.39 is 16.7 Å². The topological polar surface area (TPSA) is 115 Å². The number of H-pyrrole nitrogens is 1. The second-order valence-electron chi connectivity index (χ2n) is 6.82. The Labute approximate surface area is 226 Å². The zero-order chi connectivity index (χ0) is 23.3. The van der Waals surface area contributed by atoms with Crippen LogP contribution in [0.5, 0.6) is 0 Å². The van der Waals surface area contributed by atoms with Crippen molar-refractivity contribution in [3.05, 3.63) is 47.4 Å². The number of benzene rings is 1. The van der Waals surface area contributed by atoms with Crippen molar-refractivity contribution in [1.29, 1.82) is 0 Å². The highest BCUT2D eigenvalue weighted by molar-refractivity contribution is 8.76. The van der Waals surface area contributed by atoms with Crippen molar-refractivity contribution >= 4 is 81.3 Å². The van der Waals surface area contributed by atoms with Gasteiger partial charge in [-0.1, -0.05) is 36.8 Å². The van der Waals surface area contributed by atoms with Gasteiger partial charge in [-0.25, -0.2) is 4.98 Å². The number of halogens is 4. The van der Waals surface area contributed by atoms with Crippen LogP contribution in [-0.2, 0) is 11.2 Å². The first-order valence-corrected chi connectivity index (χ1v) is 13.1. The van der Waals surface area contributed by atoms with Crippen LogP contribution in [0.15, 0.2) is 41.8 Å². The van der Waals surface area contributed by atoms with E-state index >= 15 is 0 Å². The van der Waals surface area contributed by atoms with E-state index in [9.17, 15) is 10.0 Å². The fraction of sp³-hybridized carbons (Fsp3) is 0.500. The van der Waals surface area contributed by atoms with Crippen LogP contribution in [-0.4, -0.2) is 57.2 Å². The van der Waals surface area contributed by atoms with Gasteiger partial charge in [0.1, 0.15) is 11.7 Å². The molecule has 0 aliphatic carbocycles. The standard InChI is InChI=1S/C13H18Cl2N2O3.C7H12N2S2.2ClH/c14-5-7-17(20,8-6-15)11-3-1-10(2-4-11)9-12(16)13(18)19;1-3-6(2)10-11-7-8-4-5-9-7;;/h1-4,12H,5-9,16H2,(H,18,19);4-6H,3H2,1-2H3,(H,8,9);2*1H/t12-;;;/m0.../s1. The Hall–Kier alpha value is -0.360. The molecule has 2 atom stereocenters. The summed E-state index contributed by atoms with van der Waals surface area (Å²) in [6.07, 6.45) is 5.05. The summed E-state index contributed by atoms with van der Waals surface area (Å²) in [4.78, 5) is 17.8. The lowest BCUT2D eigenvalue weighted by Gasteiger charge is -2.41. The summed E-state index contributed by atoms with van der Waals surface area (Å²) < 4.78 is -0.585. The first-order valence-electron chi connectivity index (χ1n) is 9.86. The van der Waals surface area contributed by atoms with Gasteiger partial charge >= 0.3 is 5.97 Å². The second-order valence-corrected chi connectivity index (χ2v) is 10.2. The van der Waals surface area contributed by atoms with E-state index in [1.165, 1.54) is 6.42 Å². The Kier molecular flexibility index (Phi) is 19.9. The number of carbonyl (C=O) groups is 1. The van der Waals surface area contributed by atoms with Gasteiger partial charge < -0.3 is 25.7 Å². The highest BCUT2D eigenvalue weighted by Crippen LogP contribution is 2.32. The molecule has 0 amide bonds. The minimum atomic E-state index is -1.05. The molecule has 0 aliphatic heterocycles. The molecule has 1 aromatic carbocycles. The van der Waals surface area contributed by atoms with Gasteiger partial charge in [0.15, 0.2) is 5.16 Å². The molecule has 7 nitrogen and oxygen atoms in total. The maximum absolute atomic E-state index is 12.6. The average Bonchev–Trinajstić information content (AvgIpc) is 3.27. The SMILES string of the molecule is CCC(C)SSc1ncc[nH]1.Cl.Cl.N[C@@H](Cc1ccc([N+]([O-])(CCCl)CCCl)cc1)C(=O)O. The van der Waals surface area contributed by atoms with Crippen molar-refractivity contribution in [2.45, 2.75) is 43.1 Å². The Morgan fingerprint density at radius 2 is 1.82 bits per heavy atom. The summed E-state index contributed by atoms with van der Waals surface area (Å²) in [6, 6.07) is 5.83. The van der Waals surface area contributed by atoms with Crippen LogP contribution in [0.4, 0.5) is 5.69 Å². The summed E-state index contributed by atoms with van der Waals surface area (Å²) in [6.45, 7) is 4.89. The minimum absolute atomic E-state index is 0. The summed E-state index contributed by atoms with van der Waals surface area (Å²) in [5.41, 5.74) is 6.79. The Morgan fingerprint density at radius 1 is 1.24 bits per heavy atom. The average molecular weight is 582 g/mol. The zero-order valence-corrected chi connectivity index (χ0v) is 23.3. The summed E-state index contributed by atoms with van der Waals surface area (Å²) in [5, 5.41) is 23.0. The lowest BCUT2D eigenvalue weighted by Crippen LogP contribution is -2.46. The van der Waals surface area contributed by atoms with Crippen molar-refractivity contribution in [3.8, 4) is 0 Å². The number of aromatic amines is 1. The second kappa shape index (κ2) is 18.9. The van der Waals surface area contributed by atoms with Gasteiger partial charge in [0.25, 0.3) is 0 Å². The molecule has 1 unspecified atom stereocenters. The minimum Gasteiger partial charge on any atom is -0.627 e. The summed E-state index contributed by atoms with van der Waals surface area (Å²) >= 11 is 11.3. The lowest BCUT2D eigenvalue weighted by molar-refractivity contribution is -0.138. The molecule has 13 heteroatoms. The largest absolute Gasteiger partial charge is 0.627 e. The van der Waals surface area contributed by atoms with Gasteiger partial charge in [0, 0.05) is 17.6 Å². The predicted octanol–water partition coefficient (Wildman–Crippen LogP) is 5.72. The van der Waals surface area contributed by atoms with Gasteiger partial charge in [0.2, 0.25) is 0 Å². The van der Waals surface area contributed by atoms with Crippen LogP contribution < -0.4 is 10.4 Å². The van der Waals surface area contributed by atoms with Crippen LogP contribution in [0.2, 0.25) is 0 Å². The molecular weight excluding hydrogens is 550 g/mol. The number of alkyl halides is 2. The Bertz CT molecular complexity index is 752. The van der Waals surface area contributed by atoms with Crippen molar-refractivity contribution < 1.29 is 9.90 Å². The number of aromatic nitrogens is 2. The molecular formula is C20H32Cl4N4O3S2. The van der Waals surface area contributed by atoms with E-state index in [1.54, 1.807) is 41.3 Å². The van der Waals surface area contributed by atoms with Gasteiger partial charge in [-0.15, -0.1) is 48.0 Å². The van der Waals surface area contributed by atoms with E-state index in [4.69, 9.17) is 34.0 Å². The molecule has 0 fully saturated rings. The monoisotopic (exact) mass is 580 g/mol. The number of imidazole rings is 1. The molecule has 0 radical (unpaired) electrons. The maximum atomic E-state index is 12.6. The number of quaternary nitrogens is 1. The van der Waals surface area contributed by atoms with Gasteiger partial charge in [-0.2, -0.15) is 0 Å². The number of nitrogens with zero attached hydrogens (tertiary/aromatic N) is 2. The summed E-state index contributed by atoms with van der Waals surface area (Å²) in [5.74, 6) is -0.565.